The number of carbonyl (C=O) groups is 1. The van der Waals surface area contributed by atoms with Gasteiger partial charge in [0.05, 0.1) is 12.0 Å². The topological polar surface area (TPSA) is 98.5 Å². The van der Waals surface area contributed by atoms with Crippen LogP contribution in [0.5, 0.6) is 0 Å². The van der Waals surface area contributed by atoms with Crippen LogP contribution in [0.1, 0.15) is 20.3 Å². The average molecular weight is 379 g/mol. The molecule has 1 unspecified atom stereocenters. The quantitative estimate of drug-likeness (QED) is 0.581. The van der Waals surface area contributed by atoms with Gasteiger partial charge >= 0.3 is 5.97 Å². The van der Waals surface area contributed by atoms with Crippen LogP contribution in [0.3, 0.4) is 0 Å². The molecule has 0 heterocycles. The molecule has 0 aliphatic rings. The summed E-state index contributed by atoms with van der Waals surface area (Å²) in [5.74, 6) is -0.481. The minimum absolute atomic E-state index is 0.0226. The second-order valence-corrected chi connectivity index (χ2v) is 7.55. The number of sulfonamides is 1. The van der Waals surface area contributed by atoms with E-state index < -0.39 is 22.0 Å². The maximum Gasteiger partial charge on any atom is 0.323 e. The van der Waals surface area contributed by atoms with Crippen LogP contribution in [0, 0.1) is 5.92 Å². The monoisotopic (exact) mass is 378 g/mol. The molecule has 6 nitrogen and oxygen atoms in total. The Morgan fingerprint density at radius 1 is 1.43 bits per heavy atom. The molecule has 0 amide bonds. The van der Waals surface area contributed by atoms with E-state index in [1.807, 2.05) is 13.8 Å². The van der Waals surface area contributed by atoms with Crippen molar-refractivity contribution in [1.82, 2.24) is 4.72 Å². The molecule has 1 rings (SSSR count). The molecule has 0 fully saturated rings. The predicted molar refractivity (Wildman–Crippen MR) is 84.1 cm³/mol. The highest BCUT2D eigenvalue weighted by atomic mass is 79.9. The number of ether oxygens (including phenoxy) is 1. The number of nitrogens with one attached hydrogen (secondary N) is 1. The molecule has 0 saturated carbocycles. The van der Waals surface area contributed by atoms with Gasteiger partial charge in [-0.1, -0.05) is 13.8 Å². The summed E-state index contributed by atoms with van der Waals surface area (Å²) in [5, 5.41) is 0. The first-order chi connectivity index (χ1) is 9.67. The first kappa shape index (κ1) is 17.9. The smallest absolute Gasteiger partial charge is 0.323 e. The Hall–Kier alpha value is -1.12. The molecular formula is C13H19BrN2O4S. The van der Waals surface area contributed by atoms with Gasteiger partial charge in [-0.2, -0.15) is 4.72 Å². The summed E-state index contributed by atoms with van der Waals surface area (Å²) in [6.45, 7) is 3.78. The number of halogens is 1. The van der Waals surface area contributed by atoms with Crippen molar-refractivity contribution in [3.8, 4) is 0 Å². The fourth-order valence-electron chi connectivity index (χ4n) is 1.79. The molecule has 0 aliphatic heterocycles. The number of rotatable bonds is 6. The van der Waals surface area contributed by atoms with Gasteiger partial charge in [-0.15, -0.1) is 0 Å². The molecular weight excluding hydrogens is 360 g/mol. The van der Waals surface area contributed by atoms with Crippen molar-refractivity contribution in [2.75, 3.05) is 12.8 Å². The van der Waals surface area contributed by atoms with Crippen LogP contribution in [0.2, 0.25) is 0 Å². The maximum atomic E-state index is 12.4. The largest absolute Gasteiger partial charge is 0.468 e. The van der Waals surface area contributed by atoms with Crippen LogP contribution in [0.15, 0.2) is 27.6 Å². The van der Waals surface area contributed by atoms with Gasteiger partial charge < -0.3 is 10.5 Å². The Morgan fingerprint density at radius 2 is 2.05 bits per heavy atom. The number of hydrogen-bond donors (Lipinski definition) is 2. The molecule has 0 bridgehead atoms. The minimum Gasteiger partial charge on any atom is -0.468 e. The van der Waals surface area contributed by atoms with Crippen molar-refractivity contribution in [2.45, 2.75) is 31.2 Å². The van der Waals surface area contributed by atoms with E-state index in [4.69, 9.17) is 5.73 Å². The molecule has 0 spiro atoms. The van der Waals surface area contributed by atoms with Crippen LogP contribution in [0.25, 0.3) is 0 Å². The van der Waals surface area contributed by atoms with Crippen molar-refractivity contribution in [1.29, 1.82) is 0 Å². The Balaban J connectivity index is 3.08. The van der Waals surface area contributed by atoms with Crippen molar-refractivity contribution < 1.29 is 17.9 Å². The van der Waals surface area contributed by atoms with E-state index >= 15 is 0 Å². The zero-order chi connectivity index (χ0) is 16.2. The second kappa shape index (κ2) is 7.24. The van der Waals surface area contributed by atoms with Crippen molar-refractivity contribution in [3.05, 3.63) is 22.7 Å². The lowest BCUT2D eigenvalue weighted by Crippen LogP contribution is -2.42. The summed E-state index contributed by atoms with van der Waals surface area (Å²) in [4.78, 5) is 11.7. The number of methoxy groups -OCH3 is 1. The van der Waals surface area contributed by atoms with Crippen molar-refractivity contribution in [3.63, 3.8) is 0 Å². The minimum atomic E-state index is -3.86. The van der Waals surface area contributed by atoms with E-state index in [2.05, 4.69) is 25.4 Å². The number of anilines is 1. The van der Waals surface area contributed by atoms with Gasteiger partial charge in [-0.25, -0.2) is 8.42 Å². The van der Waals surface area contributed by atoms with Crippen molar-refractivity contribution >= 4 is 37.6 Å². The SMILES string of the molecule is COC(=O)C(CC(C)C)NS(=O)(=O)c1ccc(N)cc1Br. The molecule has 0 aliphatic carbocycles. The summed E-state index contributed by atoms with van der Waals surface area (Å²) in [7, 11) is -2.64. The van der Waals surface area contributed by atoms with E-state index in [0.717, 1.165) is 0 Å². The van der Waals surface area contributed by atoms with Gasteiger partial charge in [0, 0.05) is 10.2 Å². The first-order valence-electron chi connectivity index (χ1n) is 6.32. The molecule has 1 aromatic rings. The summed E-state index contributed by atoms with van der Waals surface area (Å²) in [6.07, 6.45) is 0.346. The lowest BCUT2D eigenvalue weighted by molar-refractivity contribution is -0.143. The normalized spacial score (nSPS) is 13.2. The highest BCUT2D eigenvalue weighted by Gasteiger charge is 2.28. The summed E-state index contributed by atoms with van der Waals surface area (Å²) in [5.41, 5.74) is 6.03. The van der Waals surface area contributed by atoms with E-state index in [1.165, 1.54) is 25.3 Å². The molecule has 1 atom stereocenters. The van der Waals surface area contributed by atoms with Gasteiger partial charge in [0.1, 0.15) is 6.04 Å². The average Bonchev–Trinajstić information content (AvgIpc) is 2.35. The lowest BCUT2D eigenvalue weighted by Gasteiger charge is -2.18. The van der Waals surface area contributed by atoms with Gasteiger partial charge in [-0.3, -0.25) is 4.79 Å². The van der Waals surface area contributed by atoms with Crippen LogP contribution in [0.4, 0.5) is 5.69 Å². The third-order valence-electron chi connectivity index (χ3n) is 2.74. The Bertz CT molecular complexity index is 617. The Kier molecular flexibility index (Phi) is 6.18. The van der Waals surface area contributed by atoms with Crippen LogP contribution < -0.4 is 10.5 Å². The molecule has 0 saturated heterocycles. The molecule has 8 heteroatoms. The van der Waals surface area contributed by atoms with Crippen LogP contribution in [-0.4, -0.2) is 27.5 Å². The molecule has 1 aromatic carbocycles. The summed E-state index contributed by atoms with van der Waals surface area (Å²) in [6, 6.07) is 3.43. The summed E-state index contributed by atoms with van der Waals surface area (Å²) >= 11 is 3.16. The maximum absolute atomic E-state index is 12.4. The number of carbonyl (C=O) groups excluding carboxylic acids is 1. The van der Waals surface area contributed by atoms with Gasteiger partial charge in [0.25, 0.3) is 0 Å². The van der Waals surface area contributed by atoms with E-state index in [9.17, 15) is 13.2 Å². The molecule has 3 N–H and O–H groups in total. The molecule has 0 radical (unpaired) electrons. The molecule has 21 heavy (non-hydrogen) atoms. The highest BCUT2D eigenvalue weighted by Crippen LogP contribution is 2.24. The highest BCUT2D eigenvalue weighted by molar-refractivity contribution is 9.10. The summed E-state index contributed by atoms with van der Waals surface area (Å²) < 4.78 is 32.1. The number of hydrogen-bond acceptors (Lipinski definition) is 5. The van der Waals surface area contributed by atoms with Gasteiger partial charge in [0.2, 0.25) is 10.0 Å². The number of nitrogen functional groups attached to an aromatic ring is 1. The van der Waals surface area contributed by atoms with Gasteiger partial charge in [-0.05, 0) is 46.5 Å². The number of esters is 1. The van der Waals surface area contributed by atoms with Crippen LogP contribution in [-0.2, 0) is 19.6 Å². The van der Waals surface area contributed by atoms with E-state index in [0.29, 0.717) is 16.6 Å². The van der Waals surface area contributed by atoms with Gasteiger partial charge in [0.15, 0.2) is 0 Å². The Labute approximate surface area is 133 Å². The fraction of sp³-hybridized carbons (Fsp3) is 0.462. The lowest BCUT2D eigenvalue weighted by atomic mass is 10.1. The molecule has 0 aromatic heterocycles. The number of benzene rings is 1. The van der Waals surface area contributed by atoms with E-state index in [-0.39, 0.29) is 10.8 Å². The van der Waals surface area contributed by atoms with Crippen LogP contribution >= 0.6 is 15.9 Å². The standard InChI is InChI=1S/C13H19BrN2O4S/c1-8(2)6-11(13(17)20-3)16-21(18,19)12-5-4-9(15)7-10(12)14/h4-5,7-8,11,16H,6,15H2,1-3H3. The van der Waals surface area contributed by atoms with Crippen molar-refractivity contribution in [2.24, 2.45) is 5.92 Å². The second-order valence-electron chi connectivity index (χ2n) is 5.02. The third-order valence-corrected chi connectivity index (χ3v) is 5.18. The Morgan fingerprint density at radius 3 is 2.52 bits per heavy atom. The fourth-order valence-corrected chi connectivity index (χ4v) is 4.08. The molecule has 118 valence electrons. The predicted octanol–water partition coefficient (Wildman–Crippen LogP) is 1.90. The van der Waals surface area contributed by atoms with E-state index in [1.54, 1.807) is 0 Å². The zero-order valence-electron chi connectivity index (χ0n) is 12.1. The number of nitrogens with two attached hydrogens (primary N) is 1. The third kappa shape index (κ3) is 4.98. The first-order valence-corrected chi connectivity index (χ1v) is 8.60. The zero-order valence-corrected chi connectivity index (χ0v) is 14.5.